The number of rotatable bonds is 8. The standard InChI is InChI=1S/C15H22BrFO/c1-2-3-4-5-6-7-8-15(18)12-9-10-13(16)14(17)11-12/h9-11,15,18H,2-8H2,1H3. The molecule has 0 bridgehead atoms. The van der Waals surface area contributed by atoms with Crippen LogP contribution in [-0.2, 0) is 0 Å². The first-order valence-corrected chi connectivity index (χ1v) is 7.57. The smallest absolute Gasteiger partial charge is 0.137 e. The van der Waals surface area contributed by atoms with Crippen molar-refractivity contribution in [2.75, 3.05) is 0 Å². The molecule has 1 unspecified atom stereocenters. The van der Waals surface area contributed by atoms with Crippen LogP contribution in [0.15, 0.2) is 22.7 Å². The van der Waals surface area contributed by atoms with Gasteiger partial charge in [-0.25, -0.2) is 4.39 Å². The minimum Gasteiger partial charge on any atom is -0.388 e. The molecule has 1 rings (SSSR count). The molecule has 102 valence electrons. The van der Waals surface area contributed by atoms with Gasteiger partial charge in [-0.3, -0.25) is 0 Å². The van der Waals surface area contributed by atoms with Crippen molar-refractivity contribution in [2.45, 2.75) is 58.0 Å². The van der Waals surface area contributed by atoms with E-state index in [0.29, 0.717) is 16.5 Å². The highest BCUT2D eigenvalue weighted by Gasteiger charge is 2.09. The molecule has 1 atom stereocenters. The number of hydrogen-bond acceptors (Lipinski definition) is 1. The highest BCUT2D eigenvalue weighted by Crippen LogP contribution is 2.24. The first kappa shape index (κ1) is 15.6. The van der Waals surface area contributed by atoms with E-state index in [4.69, 9.17) is 0 Å². The Kier molecular flexibility index (Phi) is 7.52. The van der Waals surface area contributed by atoms with Crippen LogP contribution < -0.4 is 0 Å². The van der Waals surface area contributed by atoms with Crippen LogP contribution in [-0.4, -0.2) is 5.11 Å². The van der Waals surface area contributed by atoms with Gasteiger partial charge in [-0.15, -0.1) is 0 Å². The first-order valence-electron chi connectivity index (χ1n) is 6.78. The molecule has 1 aromatic carbocycles. The lowest BCUT2D eigenvalue weighted by Gasteiger charge is -2.11. The molecular formula is C15H22BrFO. The molecule has 0 saturated heterocycles. The largest absolute Gasteiger partial charge is 0.388 e. The zero-order chi connectivity index (χ0) is 13.4. The van der Waals surface area contributed by atoms with Crippen molar-refractivity contribution in [3.05, 3.63) is 34.1 Å². The van der Waals surface area contributed by atoms with Gasteiger partial charge in [-0.05, 0) is 40.0 Å². The monoisotopic (exact) mass is 316 g/mol. The third-order valence-corrected chi connectivity index (χ3v) is 3.80. The Labute approximate surface area is 118 Å². The zero-order valence-corrected chi connectivity index (χ0v) is 12.5. The Hall–Kier alpha value is -0.410. The number of hydrogen-bond donors (Lipinski definition) is 1. The van der Waals surface area contributed by atoms with Crippen molar-refractivity contribution < 1.29 is 9.50 Å². The second-order valence-electron chi connectivity index (χ2n) is 4.75. The summed E-state index contributed by atoms with van der Waals surface area (Å²) in [7, 11) is 0. The average molecular weight is 317 g/mol. The summed E-state index contributed by atoms with van der Waals surface area (Å²) in [6.07, 6.45) is 7.38. The van der Waals surface area contributed by atoms with Gasteiger partial charge in [0.25, 0.3) is 0 Å². The first-order chi connectivity index (χ1) is 8.65. The molecule has 0 aliphatic rings. The van der Waals surface area contributed by atoms with E-state index in [1.807, 2.05) is 0 Å². The Morgan fingerprint density at radius 3 is 2.50 bits per heavy atom. The summed E-state index contributed by atoms with van der Waals surface area (Å²) in [6.45, 7) is 2.20. The number of halogens is 2. The van der Waals surface area contributed by atoms with Crippen molar-refractivity contribution in [3.8, 4) is 0 Å². The van der Waals surface area contributed by atoms with Crippen LogP contribution in [0.4, 0.5) is 4.39 Å². The van der Waals surface area contributed by atoms with Gasteiger partial charge in [0.15, 0.2) is 0 Å². The van der Waals surface area contributed by atoms with E-state index >= 15 is 0 Å². The van der Waals surface area contributed by atoms with Crippen molar-refractivity contribution in [3.63, 3.8) is 0 Å². The highest BCUT2D eigenvalue weighted by molar-refractivity contribution is 9.10. The minimum absolute atomic E-state index is 0.311. The topological polar surface area (TPSA) is 20.2 Å². The molecule has 0 heterocycles. The summed E-state index contributed by atoms with van der Waals surface area (Å²) in [4.78, 5) is 0. The molecule has 1 N–H and O–H groups in total. The molecule has 0 aromatic heterocycles. The fourth-order valence-electron chi connectivity index (χ4n) is 2.00. The Morgan fingerprint density at radius 1 is 1.17 bits per heavy atom. The van der Waals surface area contributed by atoms with Crippen LogP contribution in [0.5, 0.6) is 0 Å². The number of aliphatic hydroxyl groups is 1. The summed E-state index contributed by atoms with van der Waals surface area (Å²) >= 11 is 3.11. The van der Waals surface area contributed by atoms with E-state index in [1.54, 1.807) is 12.1 Å². The molecule has 1 nitrogen and oxygen atoms in total. The Bertz CT molecular complexity index is 354. The normalized spacial score (nSPS) is 12.7. The number of unbranched alkanes of at least 4 members (excludes halogenated alkanes) is 5. The van der Waals surface area contributed by atoms with Crippen molar-refractivity contribution in [1.29, 1.82) is 0 Å². The van der Waals surface area contributed by atoms with Gasteiger partial charge in [0.1, 0.15) is 5.82 Å². The lowest BCUT2D eigenvalue weighted by Crippen LogP contribution is -1.98. The maximum atomic E-state index is 13.3. The van der Waals surface area contributed by atoms with Gasteiger partial charge in [-0.1, -0.05) is 51.5 Å². The van der Waals surface area contributed by atoms with E-state index < -0.39 is 6.10 Å². The predicted molar refractivity (Wildman–Crippen MR) is 77.1 cm³/mol. The van der Waals surface area contributed by atoms with Gasteiger partial charge >= 0.3 is 0 Å². The summed E-state index contributed by atoms with van der Waals surface area (Å²) < 4.78 is 13.8. The van der Waals surface area contributed by atoms with E-state index in [9.17, 15) is 9.50 Å². The fraction of sp³-hybridized carbons (Fsp3) is 0.600. The summed E-state index contributed by atoms with van der Waals surface area (Å²) in [5.74, 6) is -0.311. The molecular weight excluding hydrogens is 295 g/mol. The van der Waals surface area contributed by atoms with Gasteiger partial charge in [0, 0.05) is 0 Å². The second-order valence-corrected chi connectivity index (χ2v) is 5.60. The molecule has 0 amide bonds. The van der Waals surface area contributed by atoms with Crippen LogP contribution in [0.1, 0.15) is 63.5 Å². The summed E-state index contributed by atoms with van der Waals surface area (Å²) in [6, 6.07) is 4.83. The quantitative estimate of drug-likeness (QED) is 0.639. The van der Waals surface area contributed by atoms with Gasteiger partial charge in [0.05, 0.1) is 10.6 Å². The number of aliphatic hydroxyl groups excluding tert-OH is 1. The van der Waals surface area contributed by atoms with Crippen LogP contribution in [0.3, 0.4) is 0 Å². The molecule has 0 saturated carbocycles. The van der Waals surface area contributed by atoms with Crippen molar-refractivity contribution in [1.82, 2.24) is 0 Å². The second kappa shape index (κ2) is 8.65. The minimum atomic E-state index is -0.543. The predicted octanol–water partition coefficient (Wildman–Crippen LogP) is 5.37. The van der Waals surface area contributed by atoms with Gasteiger partial charge in [0.2, 0.25) is 0 Å². The third kappa shape index (κ3) is 5.49. The number of benzene rings is 1. The maximum absolute atomic E-state index is 13.3. The molecule has 0 spiro atoms. The third-order valence-electron chi connectivity index (χ3n) is 3.16. The van der Waals surface area contributed by atoms with E-state index in [1.165, 1.54) is 31.7 Å². The molecule has 3 heteroatoms. The molecule has 0 radical (unpaired) electrons. The summed E-state index contributed by atoms with van der Waals surface area (Å²) in [5, 5.41) is 9.96. The summed E-state index contributed by atoms with van der Waals surface area (Å²) in [5.41, 5.74) is 0.671. The maximum Gasteiger partial charge on any atom is 0.137 e. The van der Waals surface area contributed by atoms with Crippen molar-refractivity contribution in [2.24, 2.45) is 0 Å². The van der Waals surface area contributed by atoms with Crippen molar-refractivity contribution >= 4 is 15.9 Å². The SMILES string of the molecule is CCCCCCCCC(O)c1ccc(Br)c(F)c1. The molecule has 0 fully saturated rings. The van der Waals surface area contributed by atoms with Gasteiger partial charge < -0.3 is 5.11 Å². The van der Waals surface area contributed by atoms with Crippen LogP contribution in [0.25, 0.3) is 0 Å². The Morgan fingerprint density at radius 2 is 1.83 bits per heavy atom. The van der Waals surface area contributed by atoms with Gasteiger partial charge in [-0.2, -0.15) is 0 Å². The van der Waals surface area contributed by atoms with E-state index in [-0.39, 0.29) is 5.82 Å². The van der Waals surface area contributed by atoms with E-state index in [0.717, 1.165) is 12.8 Å². The fourth-order valence-corrected chi connectivity index (χ4v) is 2.25. The zero-order valence-electron chi connectivity index (χ0n) is 11.0. The van der Waals surface area contributed by atoms with Crippen LogP contribution in [0.2, 0.25) is 0 Å². The van der Waals surface area contributed by atoms with Crippen LogP contribution in [0, 0.1) is 5.82 Å². The molecule has 0 aliphatic heterocycles. The lowest BCUT2D eigenvalue weighted by molar-refractivity contribution is 0.163. The van der Waals surface area contributed by atoms with E-state index in [2.05, 4.69) is 22.9 Å². The Balaban J connectivity index is 2.27. The molecule has 1 aromatic rings. The van der Waals surface area contributed by atoms with Crippen LogP contribution >= 0.6 is 15.9 Å². The average Bonchev–Trinajstić information content (AvgIpc) is 2.36. The lowest BCUT2D eigenvalue weighted by atomic mass is 10.0. The highest BCUT2D eigenvalue weighted by atomic mass is 79.9. The molecule has 0 aliphatic carbocycles. The molecule has 18 heavy (non-hydrogen) atoms.